The lowest BCUT2D eigenvalue weighted by atomic mass is 10.1. The van der Waals surface area contributed by atoms with Crippen LogP contribution in [0.25, 0.3) is 0 Å². The number of rotatable bonds is 6. The zero-order chi connectivity index (χ0) is 13.1. The summed E-state index contributed by atoms with van der Waals surface area (Å²) in [6.45, 7) is 0.430. The van der Waals surface area contributed by atoms with E-state index < -0.39 is 28.2 Å². The van der Waals surface area contributed by atoms with E-state index in [-0.39, 0.29) is 25.4 Å². The van der Waals surface area contributed by atoms with E-state index in [9.17, 15) is 17.1 Å². The van der Waals surface area contributed by atoms with Crippen molar-refractivity contribution in [2.45, 2.75) is 12.7 Å². The Morgan fingerprint density at radius 1 is 1.47 bits per heavy atom. The van der Waals surface area contributed by atoms with Gasteiger partial charge in [0.15, 0.2) is 6.29 Å². The Bertz CT molecular complexity index is 368. The fourth-order valence-corrected chi connectivity index (χ4v) is 2.64. The molecule has 0 aromatic heterocycles. The third kappa shape index (κ3) is 4.57. The van der Waals surface area contributed by atoms with Crippen molar-refractivity contribution in [2.75, 3.05) is 33.1 Å². The van der Waals surface area contributed by atoms with E-state index in [1.807, 2.05) is 0 Å². The van der Waals surface area contributed by atoms with Gasteiger partial charge < -0.3 is 14.4 Å². The predicted molar refractivity (Wildman–Crippen MR) is 57.4 cm³/mol. The van der Waals surface area contributed by atoms with Gasteiger partial charge in [-0.3, -0.25) is 4.79 Å². The van der Waals surface area contributed by atoms with Crippen molar-refractivity contribution in [2.24, 2.45) is 5.92 Å². The van der Waals surface area contributed by atoms with Crippen LogP contribution >= 0.6 is 0 Å². The minimum atomic E-state index is -4.54. The van der Waals surface area contributed by atoms with Crippen molar-refractivity contribution < 1.29 is 26.6 Å². The number of carbonyl (C=O) groups excluding carboxylic acids is 1. The van der Waals surface area contributed by atoms with Gasteiger partial charge in [0.1, 0.15) is 0 Å². The van der Waals surface area contributed by atoms with Crippen molar-refractivity contribution >= 4 is 16.1 Å². The highest BCUT2D eigenvalue weighted by Gasteiger charge is 2.33. The number of hydrogen-bond donors (Lipinski definition) is 0. The lowest BCUT2D eigenvalue weighted by Gasteiger charge is -2.21. The number of likely N-dealkylation sites (tertiary alicyclic amines) is 1. The van der Waals surface area contributed by atoms with Crippen molar-refractivity contribution in [3.63, 3.8) is 0 Å². The van der Waals surface area contributed by atoms with Crippen LogP contribution in [0.4, 0.5) is 3.89 Å². The number of amides is 1. The van der Waals surface area contributed by atoms with Crippen LogP contribution in [0.3, 0.4) is 0 Å². The Morgan fingerprint density at radius 3 is 2.53 bits per heavy atom. The van der Waals surface area contributed by atoms with Crippen LogP contribution in [0.2, 0.25) is 0 Å². The molecule has 0 saturated carbocycles. The molecule has 1 fully saturated rings. The topological polar surface area (TPSA) is 72.9 Å². The van der Waals surface area contributed by atoms with Crippen LogP contribution in [0, 0.1) is 5.92 Å². The van der Waals surface area contributed by atoms with Gasteiger partial charge in [0.2, 0.25) is 5.91 Å². The maximum atomic E-state index is 12.5. The molecule has 0 bridgehead atoms. The van der Waals surface area contributed by atoms with Gasteiger partial charge in [0.25, 0.3) is 0 Å². The van der Waals surface area contributed by atoms with E-state index in [2.05, 4.69) is 0 Å². The van der Waals surface area contributed by atoms with Crippen molar-refractivity contribution in [1.82, 2.24) is 4.90 Å². The summed E-state index contributed by atoms with van der Waals surface area (Å²) in [7, 11) is -1.65. The molecule has 0 radical (unpaired) electrons. The molecule has 1 rings (SSSR count). The fourth-order valence-electron chi connectivity index (χ4n) is 1.85. The van der Waals surface area contributed by atoms with Crippen molar-refractivity contribution in [3.05, 3.63) is 0 Å². The number of carbonyl (C=O) groups is 1. The molecule has 1 unspecified atom stereocenters. The van der Waals surface area contributed by atoms with Gasteiger partial charge in [-0.25, -0.2) is 0 Å². The highest BCUT2D eigenvalue weighted by Crippen LogP contribution is 2.20. The van der Waals surface area contributed by atoms with Crippen molar-refractivity contribution in [1.29, 1.82) is 0 Å². The standard InChI is InChI=1S/C9H16FNO5S/c1-15-9(16-2)5-11-4-7(3-8(11)12)6-17(10,13)14/h7,9H,3-6H2,1-2H3. The molecule has 0 aromatic carbocycles. The van der Waals surface area contributed by atoms with Gasteiger partial charge in [-0.2, -0.15) is 8.42 Å². The first-order valence-corrected chi connectivity index (χ1v) is 6.66. The minimum absolute atomic E-state index is 0.0449. The van der Waals surface area contributed by atoms with Crippen molar-refractivity contribution in [3.8, 4) is 0 Å². The molecular formula is C9H16FNO5S. The summed E-state index contributed by atoms with van der Waals surface area (Å²) >= 11 is 0. The van der Waals surface area contributed by atoms with Crippen LogP contribution < -0.4 is 0 Å². The molecule has 17 heavy (non-hydrogen) atoms. The largest absolute Gasteiger partial charge is 0.354 e. The first kappa shape index (κ1) is 14.3. The normalized spacial score (nSPS) is 21.5. The maximum absolute atomic E-state index is 12.5. The Balaban J connectivity index is 2.52. The van der Waals surface area contributed by atoms with Crippen LogP contribution in [0.5, 0.6) is 0 Å². The number of nitrogens with zero attached hydrogens (tertiary/aromatic N) is 1. The smallest absolute Gasteiger partial charge is 0.302 e. The van der Waals surface area contributed by atoms with E-state index >= 15 is 0 Å². The second kappa shape index (κ2) is 5.74. The van der Waals surface area contributed by atoms with E-state index in [4.69, 9.17) is 9.47 Å². The average Bonchev–Trinajstić information content (AvgIpc) is 2.52. The van der Waals surface area contributed by atoms with Gasteiger partial charge in [-0.05, 0) is 0 Å². The minimum Gasteiger partial charge on any atom is -0.354 e. The van der Waals surface area contributed by atoms with E-state index in [1.165, 1.54) is 19.1 Å². The van der Waals surface area contributed by atoms with E-state index in [0.717, 1.165) is 0 Å². The summed E-state index contributed by atoms with van der Waals surface area (Å²) < 4.78 is 43.3. The third-order valence-corrected chi connectivity index (χ3v) is 3.49. The summed E-state index contributed by atoms with van der Waals surface area (Å²) in [6, 6.07) is 0. The van der Waals surface area contributed by atoms with Gasteiger partial charge in [0.05, 0.1) is 12.3 Å². The molecule has 1 saturated heterocycles. The molecule has 0 aliphatic carbocycles. The Morgan fingerprint density at radius 2 is 2.06 bits per heavy atom. The van der Waals surface area contributed by atoms with Crippen LogP contribution in [-0.2, 0) is 24.5 Å². The zero-order valence-corrected chi connectivity index (χ0v) is 10.6. The molecule has 1 aliphatic heterocycles. The monoisotopic (exact) mass is 269 g/mol. The van der Waals surface area contributed by atoms with Gasteiger partial charge in [0, 0.05) is 33.1 Å². The molecule has 0 aromatic rings. The first-order valence-electron chi connectivity index (χ1n) is 5.11. The van der Waals surface area contributed by atoms with Crippen LogP contribution in [-0.4, -0.2) is 58.6 Å². The quantitative estimate of drug-likeness (QED) is 0.491. The average molecular weight is 269 g/mol. The summed E-state index contributed by atoms with van der Waals surface area (Å²) in [4.78, 5) is 13.0. The molecule has 1 amide bonds. The summed E-state index contributed by atoms with van der Waals surface area (Å²) in [5, 5.41) is 0. The number of ether oxygens (including phenoxy) is 2. The zero-order valence-electron chi connectivity index (χ0n) is 9.76. The second-order valence-corrected chi connectivity index (χ2v) is 5.39. The molecule has 0 spiro atoms. The first-order chi connectivity index (χ1) is 7.85. The SMILES string of the molecule is COC(CN1CC(CS(=O)(=O)F)CC1=O)OC. The highest BCUT2D eigenvalue weighted by molar-refractivity contribution is 7.86. The lowest BCUT2D eigenvalue weighted by Crippen LogP contribution is -2.35. The Hall–Kier alpha value is -0.730. The molecule has 100 valence electrons. The molecule has 6 nitrogen and oxygen atoms in total. The molecule has 8 heteroatoms. The van der Waals surface area contributed by atoms with Crippen LogP contribution in [0.1, 0.15) is 6.42 Å². The van der Waals surface area contributed by atoms with Gasteiger partial charge >= 0.3 is 10.2 Å². The number of halogens is 1. The van der Waals surface area contributed by atoms with Gasteiger partial charge in [-0.1, -0.05) is 0 Å². The van der Waals surface area contributed by atoms with Gasteiger partial charge in [-0.15, -0.1) is 3.89 Å². The van der Waals surface area contributed by atoms with E-state index in [0.29, 0.717) is 0 Å². The molecule has 1 atom stereocenters. The highest BCUT2D eigenvalue weighted by atomic mass is 32.3. The third-order valence-electron chi connectivity index (χ3n) is 2.62. The lowest BCUT2D eigenvalue weighted by molar-refractivity contribution is -0.141. The van der Waals surface area contributed by atoms with Crippen LogP contribution in [0.15, 0.2) is 0 Å². The Labute approximate surface area is 99.9 Å². The Kier molecular flexibility index (Phi) is 4.84. The molecular weight excluding hydrogens is 253 g/mol. The molecule has 0 N–H and O–H groups in total. The maximum Gasteiger partial charge on any atom is 0.302 e. The predicted octanol–water partition coefficient (Wildman–Crippen LogP) is -0.247. The summed E-state index contributed by atoms with van der Waals surface area (Å²) in [5.41, 5.74) is 0. The van der Waals surface area contributed by atoms with E-state index in [1.54, 1.807) is 0 Å². The second-order valence-electron chi connectivity index (χ2n) is 3.98. The fraction of sp³-hybridized carbons (Fsp3) is 0.889. The number of hydrogen-bond acceptors (Lipinski definition) is 5. The molecule has 1 aliphatic rings. The molecule has 1 heterocycles. The number of methoxy groups -OCH3 is 2. The summed E-state index contributed by atoms with van der Waals surface area (Å²) in [5.74, 6) is -1.32. The summed E-state index contributed by atoms with van der Waals surface area (Å²) in [6.07, 6.45) is -0.511.